The van der Waals surface area contributed by atoms with Crippen molar-refractivity contribution in [2.75, 3.05) is 20.3 Å². The van der Waals surface area contributed by atoms with Crippen LogP contribution in [0.4, 0.5) is 0 Å². The summed E-state index contributed by atoms with van der Waals surface area (Å²) >= 11 is 0. The van der Waals surface area contributed by atoms with Crippen LogP contribution in [0.1, 0.15) is 38.1 Å². The molecule has 8 nitrogen and oxygen atoms in total. The summed E-state index contributed by atoms with van der Waals surface area (Å²) in [6.45, 7) is 7.12. The van der Waals surface area contributed by atoms with Crippen molar-refractivity contribution < 1.29 is 14.2 Å². The zero-order chi connectivity index (χ0) is 25.8. The van der Waals surface area contributed by atoms with E-state index in [4.69, 9.17) is 14.2 Å². The van der Waals surface area contributed by atoms with E-state index in [1.54, 1.807) is 18.7 Å². The largest absolute Gasteiger partial charge is 0.497 e. The summed E-state index contributed by atoms with van der Waals surface area (Å²) in [5.41, 5.74) is 2.73. The highest BCUT2D eigenvalue weighted by atomic mass is 16.5. The van der Waals surface area contributed by atoms with Crippen LogP contribution in [0.5, 0.6) is 11.5 Å². The lowest BCUT2D eigenvalue weighted by Crippen LogP contribution is -2.40. The van der Waals surface area contributed by atoms with Crippen LogP contribution >= 0.6 is 0 Å². The van der Waals surface area contributed by atoms with Gasteiger partial charge in [0.05, 0.1) is 48.2 Å². The van der Waals surface area contributed by atoms with E-state index in [9.17, 15) is 9.59 Å². The second-order valence-electron chi connectivity index (χ2n) is 9.73. The summed E-state index contributed by atoms with van der Waals surface area (Å²) in [7, 11) is 4.85. The SMILES string of the molecule is CCOc1ccc(C2OCC(C)(C)n3c(-c4ccc(OC)cc4)c4c(=O)n(C)c(=O)n(C)c4c32)cc1. The Morgan fingerprint density at radius 1 is 0.972 bits per heavy atom. The van der Waals surface area contributed by atoms with Gasteiger partial charge in [-0.3, -0.25) is 13.9 Å². The Kier molecular flexibility index (Phi) is 5.79. The first kappa shape index (κ1) is 23.9. The average Bonchev–Trinajstić information content (AvgIpc) is 3.25. The van der Waals surface area contributed by atoms with Crippen molar-refractivity contribution in [1.82, 2.24) is 13.7 Å². The lowest BCUT2D eigenvalue weighted by molar-refractivity contribution is -0.00709. The molecule has 5 rings (SSSR count). The van der Waals surface area contributed by atoms with Crippen LogP contribution in [0.2, 0.25) is 0 Å². The zero-order valence-electron chi connectivity index (χ0n) is 21.5. The minimum absolute atomic E-state index is 0.331. The van der Waals surface area contributed by atoms with Crippen LogP contribution in [0.25, 0.3) is 22.2 Å². The van der Waals surface area contributed by atoms with E-state index in [0.29, 0.717) is 24.1 Å². The Hall–Kier alpha value is -3.78. The van der Waals surface area contributed by atoms with Gasteiger partial charge in [0.1, 0.15) is 17.6 Å². The quantitative estimate of drug-likeness (QED) is 0.424. The third-order valence-electron chi connectivity index (χ3n) is 6.92. The third kappa shape index (κ3) is 3.55. The van der Waals surface area contributed by atoms with Crippen LogP contribution in [-0.2, 0) is 24.4 Å². The number of aryl methyl sites for hydroxylation is 1. The Bertz CT molecular complexity index is 1560. The van der Waals surface area contributed by atoms with Gasteiger partial charge in [-0.1, -0.05) is 12.1 Å². The molecular weight excluding hydrogens is 458 g/mol. The molecule has 0 radical (unpaired) electrons. The molecule has 0 N–H and O–H groups in total. The Balaban J connectivity index is 1.89. The number of fused-ring (bicyclic) bond motifs is 3. The predicted molar refractivity (Wildman–Crippen MR) is 139 cm³/mol. The van der Waals surface area contributed by atoms with Crippen LogP contribution in [0.15, 0.2) is 58.1 Å². The molecule has 1 aliphatic heterocycles. The Morgan fingerprint density at radius 2 is 1.61 bits per heavy atom. The minimum atomic E-state index is -0.480. The average molecular weight is 490 g/mol. The fraction of sp³-hybridized carbons (Fsp3) is 0.357. The van der Waals surface area contributed by atoms with Crippen LogP contribution in [0, 0.1) is 0 Å². The molecule has 4 aromatic rings. The van der Waals surface area contributed by atoms with Gasteiger partial charge < -0.3 is 18.8 Å². The minimum Gasteiger partial charge on any atom is -0.497 e. The Labute approximate surface area is 209 Å². The summed E-state index contributed by atoms with van der Waals surface area (Å²) in [5, 5.41) is 0.495. The molecular formula is C28H31N3O5. The van der Waals surface area contributed by atoms with Gasteiger partial charge in [0.15, 0.2) is 0 Å². The molecule has 0 aliphatic carbocycles. The standard InChI is InChI=1S/C28H31N3O5/c1-7-35-20-14-10-18(11-15-20)25-24-23-21(26(32)30(5)27(33)29(23)4)22(31(24)28(2,3)16-36-25)17-8-12-19(34-6)13-9-17/h8-15,25H,7,16H2,1-6H3. The fourth-order valence-corrected chi connectivity index (χ4v) is 5.18. The molecule has 0 saturated carbocycles. The molecule has 0 saturated heterocycles. The maximum absolute atomic E-state index is 13.7. The van der Waals surface area contributed by atoms with Crippen molar-refractivity contribution in [3.8, 4) is 22.8 Å². The summed E-state index contributed by atoms with van der Waals surface area (Å²) in [6, 6.07) is 15.4. The second-order valence-corrected chi connectivity index (χ2v) is 9.73. The van der Waals surface area contributed by atoms with Crippen molar-refractivity contribution in [2.24, 2.45) is 14.1 Å². The molecule has 8 heteroatoms. The summed E-state index contributed by atoms with van der Waals surface area (Å²) in [5.74, 6) is 1.50. The van der Waals surface area contributed by atoms with Crippen LogP contribution in [0.3, 0.4) is 0 Å². The molecule has 0 amide bonds. The van der Waals surface area contributed by atoms with Crippen LogP contribution in [-0.4, -0.2) is 34.0 Å². The molecule has 0 spiro atoms. The normalized spacial score (nSPS) is 16.7. The third-order valence-corrected chi connectivity index (χ3v) is 6.92. The fourth-order valence-electron chi connectivity index (χ4n) is 5.18. The smallest absolute Gasteiger partial charge is 0.331 e. The van der Waals surface area contributed by atoms with Crippen molar-refractivity contribution in [3.63, 3.8) is 0 Å². The molecule has 2 aromatic carbocycles. The van der Waals surface area contributed by atoms with Gasteiger partial charge in [-0.2, -0.15) is 0 Å². The first-order chi connectivity index (χ1) is 17.2. The van der Waals surface area contributed by atoms with Gasteiger partial charge >= 0.3 is 5.69 Å². The van der Waals surface area contributed by atoms with Crippen molar-refractivity contribution >= 4 is 10.9 Å². The molecule has 0 fully saturated rings. The molecule has 3 heterocycles. The molecule has 1 aliphatic rings. The highest BCUT2D eigenvalue weighted by molar-refractivity contribution is 5.97. The van der Waals surface area contributed by atoms with E-state index >= 15 is 0 Å². The maximum atomic E-state index is 13.7. The van der Waals surface area contributed by atoms with Crippen molar-refractivity contribution in [3.05, 3.63) is 80.6 Å². The number of rotatable bonds is 5. The highest BCUT2D eigenvalue weighted by Gasteiger charge is 2.40. The number of hydrogen-bond acceptors (Lipinski definition) is 5. The number of benzene rings is 2. The first-order valence-electron chi connectivity index (χ1n) is 12.0. The summed E-state index contributed by atoms with van der Waals surface area (Å²) in [6.07, 6.45) is -0.471. The Morgan fingerprint density at radius 3 is 2.22 bits per heavy atom. The van der Waals surface area contributed by atoms with Gasteiger partial charge in [-0.25, -0.2) is 4.79 Å². The van der Waals surface area contributed by atoms with E-state index in [-0.39, 0.29) is 11.2 Å². The van der Waals surface area contributed by atoms with E-state index in [1.807, 2.05) is 55.5 Å². The monoisotopic (exact) mass is 489 g/mol. The predicted octanol–water partition coefficient (Wildman–Crippen LogP) is 3.97. The number of aromatic nitrogens is 3. The molecule has 2 aromatic heterocycles. The van der Waals surface area contributed by atoms with E-state index in [1.165, 1.54) is 11.6 Å². The molecule has 36 heavy (non-hydrogen) atoms. The van der Waals surface area contributed by atoms with Gasteiger partial charge in [0, 0.05) is 14.1 Å². The molecule has 188 valence electrons. The van der Waals surface area contributed by atoms with Crippen LogP contribution < -0.4 is 20.7 Å². The number of methoxy groups -OCH3 is 1. The van der Waals surface area contributed by atoms with E-state index in [0.717, 1.165) is 34.0 Å². The van der Waals surface area contributed by atoms with Crippen molar-refractivity contribution in [1.29, 1.82) is 0 Å². The number of nitrogens with zero attached hydrogens (tertiary/aromatic N) is 3. The maximum Gasteiger partial charge on any atom is 0.331 e. The number of ether oxygens (including phenoxy) is 3. The van der Waals surface area contributed by atoms with Gasteiger partial charge in [0.25, 0.3) is 5.56 Å². The van der Waals surface area contributed by atoms with Gasteiger partial charge in [0.2, 0.25) is 0 Å². The van der Waals surface area contributed by atoms with Gasteiger partial charge in [-0.15, -0.1) is 0 Å². The van der Waals surface area contributed by atoms with Crippen molar-refractivity contribution in [2.45, 2.75) is 32.4 Å². The molecule has 1 atom stereocenters. The molecule has 0 bridgehead atoms. The zero-order valence-corrected chi connectivity index (χ0v) is 21.5. The topological polar surface area (TPSA) is 76.6 Å². The van der Waals surface area contributed by atoms with Gasteiger partial charge in [-0.05, 0) is 68.3 Å². The second kappa shape index (κ2) is 8.71. The van der Waals surface area contributed by atoms with E-state index in [2.05, 4.69) is 18.4 Å². The lowest BCUT2D eigenvalue weighted by Gasteiger charge is -2.39. The first-order valence-corrected chi connectivity index (χ1v) is 12.0. The lowest BCUT2D eigenvalue weighted by atomic mass is 9.98. The molecule has 1 unspecified atom stereocenters. The number of hydrogen-bond donors (Lipinski definition) is 0. The summed E-state index contributed by atoms with van der Waals surface area (Å²) < 4.78 is 22.3. The summed E-state index contributed by atoms with van der Waals surface area (Å²) in [4.78, 5) is 26.7. The highest BCUT2D eigenvalue weighted by Crippen LogP contribution is 2.45. The van der Waals surface area contributed by atoms with E-state index < -0.39 is 11.6 Å².